The lowest BCUT2D eigenvalue weighted by Crippen LogP contribution is -2.28. The van der Waals surface area contributed by atoms with E-state index in [2.05, 4.69) is 15.6 Å². The molecule has 0 unspecified atom stereocenters. The minimum atomic E-state index is -3.74. The topological polar surface area (TPSA) is 153 Å². The number of amides is 2. The third-order valence-electron chi connectivity index (χ3n) is 6.25. The zero-order chi connectivity index (χ0) is 29.4. The van der Waals surface area contributed by atoms with Crippen molar-refractivity contribution in [1.29, 1.82) is 0 Å². The van der Waals surface area contributed by atoms with Crippen molar-refractivity contribution >= 4 is 55.2 Å². The number of benzene rings is 2. The summed E-state index contributed by atoms with van der Waals surface area (Å²) in [6.07, 6.45) is 1.16. The number of nitrogens with zero attached hydrogens (tertiary/aromatic N) is 2. The number of aromatic nitrogens is 2. The number of aryl methyl sites for hydroxylation is 1. The SMILES string of the molecule is Cc1ccc(CNC(=O)CSc2nc3ccsc3c(=O)n2CCCC(=O)NCCc2ccc(S(N)(=O)=O)cc2)cc1. The summed E-state index contributed by atoms with van der Waals surface area (Å²) in [5, 5.41) is 13.1. The number of sulfonamides is 1. The summed E-state index contributed by atoms with van der Waals surface area (Å²) in [5.74, 6) is -0.221. The standard InChI is InChI=1S/C28H31N5O5S3/c1-19-4-6-21(7-5-19)17-31-25(35)18-40-28-32-23-13-16-39-26(23)27(36)33(28)15-2-3-24(34)30-14-12-20-8-10-22(11-9-20)41(29,37)38/h4-11,13,16H,2-3,12,14-15,17-18H2,1H3,(H,30,34)(H,31,35)(H2,29,37,38). The van der Waals surface area contributed by atoms with Crippen LogP contribution in [0.2, 0.25) is 0 Å². The van der Waals surface area contributed by atoms with Gasteiger partial charge < -0.3 is 10.6 Å². The van der Waals surface area contributed by atoms with E-state index in [1.807, 2.05) is 36.6 Å². The first-order valence-electron chi connectivity index (χ1n) is 12.9. The van der Waals surface area contributed by atoms with Gasteiger partial charge in [0.15, 0.2) is 5.16 Å². The van der Waals surface area contributed by atoms with E-state index in [1.54, 1.807) is 18.2 Å². The summed E-state index contributed by atoms with van der Waals surface area (Å²) in [6, 6.07) is 15.9. The molecule has 2 aromatic carbocycles. The molecule has 2 heterocycles. The molecular formula is C28H31N5O5S3. The Kier molecular flexibility index (Phi) is 10.3. The summed E-state index contributed by atoms with van der Waals surface area (Å²) in [7, 11) is -3.74. The van der Waals surface area contributed by atoms with Gasteiger partial charge in [-0.1, -0.05) is 53.7 Å². The van der Waals surface area contributed by atoms with E-state index in [0.717, 1.165) is 16.7 Å². The Morgan fingerprint density at radius 1 is 1.00 bits per heavy atom. The van der Waals surface area contributed by atoms with E-state index in [4.69, 9.17) is 5.14 Å². The number of hydrogen-bond acceptors (Lipinski definition) is 8. The summed E-state index contributed by atoms with van der Waals surface area (Å²) < 4.78 is 24.8. The molecule has 4 aromatic rings. The molecule has 0 fully saturated rings. The predicted molar refractivity (Wildman–Crippen MR) is 161 cm³/mol. The van der Waals surface area contributed by atoms with Crippen LogP contribution in [-0.2, 0) is 39.1 Å². The maximum Gasteiger partial charge on any atom is 0.272 e. The molecule has 0 bridgehead atoms. The van der Waals surface area contributed by atoms with Gasteiger partial charge in [0.05, 0.1) is 16.2 Å². The molecule has 0 aliphatic carbocycles. The van der Waals surface area contributed by atoms with E-state index in [0.29, 0.717) is 41.3 Å². The smallest absolute Gasteiger partial charge is 0.272 e. The van der Waals surface area contributed by atoms with Gasteiger partial charge in [-0.15, -0.1) is 11.3 Å². The van der Waals surface area contributed by atoms with E-state index in [9.17, 15) is 22.8 Å². The van der Waals surface area contributed by atoms with Gasteiger partial charge in [0.1, 0.15) is 4.70 Å². The fourth-order valence-corrected chi connectivity index (χ4v) is 6.15. The molecular weight excluding hydrogens is 583 g/mol. The molecule has 0 saturated heterocycles. The molecule has 41 heavy (non-hydrogen) atoms. The Balaban J connectivity index is 1.28. The summed E-state index contributed by atoms with van der Waals surface area (Å²) in [6.45, 7) is 3.09. The average molecular weight is 614 g/mol. The van der Waals surface area contributed by atoms with Gasteiger partial charge in [0.25, 0.3) is 5.56 Å². The molecule has 0 spiro atoms. The fraction of sp³-hybridized carbons (Fsp3) is 0.286. The van der Waals surface area contributed by atoms with Gasteiger partial charge in [-0.05, 0) is 54.5 Å². The van der Waals surface area contributed by atoms with E-state index >= 15 is 0 Å². The zero-order valence-corrected chi connectivity index (χ0v) is 24.9. The molecule has 4 N–H and O–H groups in total. The zero-order valence-electron chi connectivity index (χ0n) is 22.5. The second-order valence-electron chi connectivity index (χ2n) is 9.43. The molecule has 0 aliphatic heterocycles. The van der Waals surface area contributed by atoms with E-state index in [1.165, 1.54) is 39.8 Å². The molecule has 10 nitrogen and oxygen atoms in total. The van der Waals surface area contributed by atoms with Crippen LogP contribution in [0.25, 0.3) is 10.2 Å². The Morgan fingerprint density at radius 3 is 2.41 bits per heavy atom. The highest BCUT2D eigenvalue weighted by atomic mass is 32.2. The fourth-order valence-electron chi connectivity index (χ4n) is 4.00. The van der Waals surface area contributed by atoms with Crippen molar-refractivity contribution in [3.63, 3.8) is 0 Å². The lowest BCUT2D eigenvalue weighted by molar-refractivity contribution is -0.121. The Bertz CT molecular complexity index is 1680. The molecule has 0 atom stereocenters. The van der Waals surface area contributed by atoms with Gasteiger partial charge in [-0.25, -0.2) is 18.5 Å². The molecule has 0 saturated carbocycles. The number of fused-ring (bicyclic) bond motifs is 1. The average Bonchev–Trinajstić information content (AvgIpc) is 3.42. The maximum atomic E-state index is 13.2. The molecule has 4 rings (SSSR count). The first kappa shape index (κ1) is 30.4. The highest BCUT2D eigenvalue weighted by Gasteiger charge is 2.15. The van der Waals surface area contributed by atoms with Crippen LogP contribution in [0.4, 0.5) is 0 Å². The Morgan fingerprint density at radius 2 is 1.71 bits per heavy atom. The summed E-state index contributed by atoms with van der Waals surface area (Å²) in [5.41, 5.74) is 3.42. The predicted octanol–water partition coefficient (Wildman–Crippen LogP) is 2.96. The van der Waals surface area contributed by atoms with Gasteiger partial charge in [0.2, 0.25) is 21.8 Å². The van der Waals surface area contributed by atoms with Crippen LogP contribution in [-0.4, -0.2) is 42.1 Å². The monoisotopic (exact) mass is 613 g/mol. The number of carbonyl (C=O) groups excluding carboxylic acids is 2. The second kappa shape index (κ2) is 13.9. The Labute approximate surface area is 246 Å². The molecule has 13 heteroatoms. The number of carbonyl (C=O) groups is 2. The van der Waals surface area contributed by atoms with Crippen molar-refractivity contribution < 1.29 is 18.0 Å². The largest absolute Gasteiger partial charge is 0.356 e. The van der Waals surface area contributed by atoms with Crippen LogP contribution in [0.15, 0.2) is 74.8 Å². The van der Waals surface area contributed by atoms with Crippen molar-refractivity contribution in [1.82, 2.24) is 20.2 Å². The number of thiophene rings is 1. The first-order valence-corrected chi connectivity index (χ1v) is 16.3. The number of nitrogens with one attached hydrogen (secondary N) is 2. The van der Waals surface area contributed by atoms with Crippen molar-refractivity contribution in [3.8, 4) is 0 Å². The number of hydrogen-bond donors (Lipinski definition) is 3. The maximum absolute atomic E-state index is 13.2. The van der Waals surface area contributed by atoms with E-state index in [-0.39, 0.29) is 41.0 Å². The summed E-state index contributed by atoms with van der Waals surface area (Å²) in [4.78, 5) is 42.7. The quantitative estimate of drug-likeness (QED) is 0.155. The minimum Gasteiger partial charge on any atom is -0.356 e. The first-order chi connectivity index (χ1) is 19.6. The Hall–Kier alpha value is -3.52. The third kappa shape index (κ3) is 8.73. The number of nitrogens with two attached hydrogens (primary N) is 1. The highest BCUT2D eigenvalue weighted by Crippen LogP contribution is 2.21. The number of thioether (sulfide) groups is 1. The number of primary sulfonamides is 1. The van der Waals surface area contributed by atoms with E-state index < -0.39 is 10.0 Å². The highest BCUT2D eigenvalue weighted by molar-refractivity contribution is 7.99. The van der Waals surface area contributed by atoms with Crippen molar-refractivity contribution in [3.05, 3.63) is 87.0 Å². The van der Waals surface area contributed by atoms with Crippen molar-refractivity contribution in [2.45, 2.75) is 49.3 Å². The lowest BCUT2D eigenvalue weighted by Gasteiger charge is -2.12. The van der Waals surface area contributed by atoms with Gasteiger partial charge in [-0.2, -0.15) is 0 Å². The minimum absolute atomic E-state index is 0.0381. The number of rotatable bonds is 13. The lowest BCUT2D eigenvalue weighted by atomic mass is 10.1. The van der Waals surface area contributed by atoms with Gasteiger partial charge >= 0.3 is 0 Å². The van der Waals surface area contributed by atoms with Gasteiger partial charge in [-0.3, -0.25) is 19.0 Å². The van der Waals surface area contributed by atoms with Crippen molar-refractivity contribution in [2.75, 3.05) is 12.3 Å². The normalized spacial score (nSPS) is 11.5. The van der Waals surface area contributed by atoms with Crippen molar-refractivity contribution in [2.24, 2.45) is 5.14 Å². The summed E-state index contributed by atoms with van der Waals surface area (Å²) >= 11 is 2.51. The molecule has 0 aliphatic rings. The molecule has 216 valence electrons. The van der Waals surface area contributed by atoms with Crippen LogP contribution >= 0.6 is 23.1 Å². The van der Waals surface area contributed by atoms with Crippen LogP contribution in [0.1, 0.15) is 29.5 Å². The molecule has 0 radical (unpaired) electrons. The van der Waals surface area contributed by atoms with Crippen LogP contribution in [0.3, 0.4) is 0 Å². The second-order valence-corrected chi connectivity index (χ2v) is 12.8. The van der Waals surface area contributed by atoms with Crippen LogP contribution < -0.4 is 21.3 Å². The molecule has 2 amide bonds. The van der Waals surface area contributed by atoms with Crippen LogP contribution in [0, 0.1) is 6.92 Å². The third-order valence-corrected chi connectivity index (χ3v) is 9.04. The van der Waals surface area contributed by atoms with Gasteiger partial charge in [0, 0.05) is 26.1 Å². The molecule has 2 aromatic heterocycles. The van der Waals surface area contributed by atoms with Crippen LogP contribution in [0.5, 0.6) is 0 Å².